The third-order valence-electron chi connectivity index (χ3n) is 7.04. The van der Waals surface area contributed by atoms with Crippen LogP contribution in [0.5, 0.6) is 0 Å². The second kappa shape index (κ2) is 9.82. The molecule has 3 heteroatoms. The second-order valence-corrected chi connectivity index (χ2v) is 8.70. The Morgan fingerprint density at radius 1 is 0.963 bits per heavy atom. The molecule has 0 bridgehead atoms. The highest BCUT2D eigenvalue weighted by Gasteiger charge is 2.30. The Hall–Kier alpha value is -1.22. The maximum Gasteiger partial charge on any atom is 0.131 e. The van der Waals surface area contributed by atoms with E-state index in [1.807, 2.05) is 0 Å². The molecule has 0 saturated heterocycles. The molecule has 0 aliphatic heterocycles. The van der Waals surface area contributed by atoms with Gasteiger partial charge in [0.2, 0.25) is 0 Å². The fourth-order valence-corrected chi connectivity index (χ4v) is 5.25. The quantitative estimate of drug-likeness (QED) is 0.473. The molecule has 2 aliphatic rings. The van der Waals surface area contributed by atoms with Gasteiger partial charge in [-0.15, -0.1) is 6.58 Å². The third-order valence-corrected chi connectivity index (χ3v) is 7.04. The van der Waals surface area contributed by atoms with Gasteiger partial charge >= 0.3 is 0 Å². The molecule has 0 aromatic heterocycles. The van der Waals surface area contributed by atoms with Crippen LogP contribution in [0.1, 0.15) is 68.9 Å². The lowest BCUT2D eigenvalue weighted by molar-refractivity contribution is 0.153. The van der Waals surface area contributed by atoms with Crippen LogP contribution in [-0.2, 0) is 17.8 Å². The Balaban J connectivity index is 1.44. The van der Waals surface area contributed by atoms with Crippen molar-refractivity contribution in [3.63, 3.8) is 0 Å². The Morgan fingerprint density at radius 2 is 1.52 bits per heavy atom. The van der Waals surface area contributed by atoms with E-state index < -0.39 is 11.6 Å². The first-order valence-electron chi connectivity index (χ1n) is 10.7. The Labute approximate surface area is 163 Å². The molecule has 3 rings (SSSR count). The minimum Gasteiger partial charge on any atom is -0.380 e. The van der Waals surface area contributed by atoms with Gasteiger partial charge in [-0.3, -0.25) is 0 Å². The molecule has 1 aromatic carbocycles. The summed E-state index contributed by atoms with van der Waals surface area (Å²) < 4.78 is 33.0. The van der Waals surface area contributed by atoms with Gasteiger partial charge in [0.15, 0.2) is 0 Å². The van der Waals surface area contributed by atoms with Crippen LogP contribution in [0, 0.1) is 35.3 Å². The van der Waals surface area contributed by atoms with Crippen molar-refractivity contribution in [2.75, 3.05) is 7.11 Å². The van der Waals surface area contributed by atoms with Crippen LogP contribution >= 0.6 is 0 Å². The monoisotopic (exact) mass is 376 g/mol. The van der Waals surface area contributed by atoms with E-state index in [0.29, 0.717) is 5.92 Å². The van der Waals surface area contributed by atoms with E-state index in [9.17, 15) is 8.78 Å². The van der Waals surface area contributed by atoms with E-state index >= 15 is 0 Å². The molecule has 0 amide bonds. The summed E-state index contributed by atoms with van der Waals surface area (Å²) in [5.41, 5.74) is 0.808. The smallest absolute Gasteiger partial charge is 0.131 e. The summed E-state index contributed by atoms with van der Waals surface area (Å²) >= 11 is 0. The molecular weight excluding hydrogens is 342 g/mol. The first-order chi connectivity index (χ1) is 13.1. The summed E-state index contributed by atoms with van der Waals surface area (Å²) in [5, 5.41) is 0. The average molecular weight is 377 g/mol. The van der Waals surface area contributed by atoms with Crippen LogP contribution in [0.15, 0.2) is 24.8 Å². The van der Waals surface area contributed by atoms with Gasteiger partial charge in [-0.25, -0.2) is 8.78 Å². The van der Waals surface area contributed by atoms with Gasteiger partial charge < -0.3 is 4.74 Å². The van der Waals surface area contributed by atoms with Crippen molar-refractivity contribution in [2.24, 2.45) is 23.7 Å². The highest BCUT2D eigenvalue weighted by molar-refractivity contribution is 5.26. The van der Waals surface area contributed by atoms with Gasteiger partial charge in [-0.2, -0.15) is 0 Å². The molecular formula is C24H34F2O. The summed E-state index contributed by atoms with van der Waals surface area (Å²) in [6, 6.07) is 2.97. The molecule has 2 aliphatic carbocycles. The SMILES string of the molecule is C=CC1CCC(C2CCC(CCc3cc(F)c(COC)c(F)c3)CC2)CC1. The van der Waals surface area contributed by atoms with Gasteiger partial charge in [-0.05, 0) is 92.7 Å². The van der Waals surface area contributed by atoms with Crippen LogP contribution in [0.25, 0.3) is 0 Å². The predicted molar refractivity (Wildman–Crippen MR) is 106 cm³/mol. The minimum absolute atomic E-state index is 0.0172. The zero-order valence-electron chi connectivity index (χ0n) is 16.7. The van der Waals surface area contributed by atoms with Crippen LogP contribution in [0.3, 0.4) is 0 Å². The molecule has 0 unspecified atom stereocenters. The summed E-state index contributed by atoms with van der Waals surface area (Å²) in [7, 11) is 1.45. The third kappa shape index (κ3) is 5.40. The fraction of sp³-hybridized carbons (Fsp3) is 0.667. The fourth-order valence-electron chi connectivity index (χ4n) is 5.25. The van der Waals surface area contributed by atoms with Crippen molar-refractivity contribution in [3.05, 3.63) is 47.5 Å². The zero-order valence-corrected chi connectivity index (χ0v) is 16.7. The van der Waals surface area contributed by atoms with E-state index in [-0.39, 0.29) is 12.2 Å². The number of rotatable bonds is 7. The van der Waals surface area contributed by atoms with Gasteiger partial charge in [0.05, 0.1) is 6.61 Å². The van der Waals surface area contributed by atoms with E-state index in [0.717, 1.165) is 36.2 Å². The van der Waals surface area contributed by atoms with E-state index in [1.165, 1.54) is 70.6 Å². The Kier molecular flexibility index (Phi) is 7.46. The topological polar surface area (TPSA) is 9.23 Å². The maximum absolute atomic E-state index is 14.0. The van der Waals surface area contributed by atoms with Crippen LogP contribution in [-0.4, -0.2) is 7.11 Å². The number of allylic oxidation sites excluding steroid dienone is 1. The van der Waals surface area contributed by atoms with Gasteiger partial charge in [-0.1, -0.05) is 18.9 Å². The summed E-state index contributed by atoms with van der Waals surface area (Å²) in [6.07, 6.45) is 14.6. The highest BCUT2D eigenvalue weighted by atomic mass is 19.1. The van der Waals surface area contributed by atoms with Crippen LogP contribution < -0.4 is 0 Å². The minimum atomic E-state index is -0.481. The van der Waals surface area contributed by atoms with E-state index in [4.69, 9.17) is 4.74 Å². The van der Waals surface area contributed by atoms with Crippen molar-refractivity contribution in [1.29, 1.82) is 0 Å². The predicted octanol–water partition coefficient (Wildman–Crippen LogP) is 6.84. The normalized spacial score (nSPS) is 28.9. The Morgan fingerprint density at radius 3 is 2.04 bits per heavy atom. The highest BCUT2D eigenvalue weighted by Crippen LogP contribution is 2.42. The van der Waals surface area contributed by atoms with Gasteiger partial charge in [0.25, 0.3) is 0 Å². The van der Waals surface area contributed by atoms with E-state index in [1.54, 1.807) is 0 Å². The lowest BCUT2D eigenvalue weighted by Gasteiger charge is -2.37. The summed E-state index contributed by atoms with van der Waals surface area (Å²) in [6.45, 7) is 3.93. The second-order valence-electron chi connectivity index (χ2n) is 8.70. The largest absolute Gasteiger partial charge is 0.380 e. The Bertz CT molecular complexity index is 588. The number of ether oxygens (including phenoxy) is 1. The van der Waals surface area contributed by atoms with Crippen molar-refractivity contribution >= 4 is 0 Å². The van der Waals surface area contributed by atoms with Crippen LogP contribution in [0.4, 0.5) is 8.78 Å². The number of hydrogen-bond acceptors (Lipinski definition) is 1. The number of benzene rings is 1. The summed E-state index contributed by atoms with van der Waals surface area (Å²) in [5.74, 6) is 2.30. The van der Waals surface area contributed by atoms with Crippen molar-refractivity contribution in [1.82, 2.24) is 0 Å². The molecule has 0 N–H and O–H groups in total. The average Bonchev–Trinajstić information content (AvgIpc) is 2.70. The number of hydrogen-bond donors (Lipinski definition) is 0. The maximum atomic E-state index is 14.0. The van der Waals surface area contributed by atoms with E-state index in [2.05, 4.69) is 12.7 Å². The number of methoxy groups -OCH3 is 1. The van der Waals surface area contributed by atoms with Crippen molar-refractivity contribution in [2.45, 2.75) is 70.8 Å². The standard InChI is InChI=1S/C24H34F2O/c1-3-17-6-10-20(11-7-17)21-12-8-18(9-13-21)4-5-19-14-23(25)22(16-27-2)24(26)15-19/h3,14-15,17-18,20-21H,1,4-13,16H2,2H3. The molecule has 1 nitrogen and oxygen atoms in total. The van der Waals surface area contributed by atoms with Gasteiger partial charge in [0, 0.05) is 12.7 Å². The molecule has 27 heavy (non-hydrogen) atoms. The first-order valence-corrected chi connectivity index (χ1v) is 10.7. The van der Waals surface area contributed by atoms with Crippen molar-refractivity contribution < 1.29 is 13.5 Å². The molecule has 0 spiro atoms. The molecule has 2 saturated carbocycles. The lowest BCUT2D eigenvalue weighted by atomic mass is 9.68. The molecule has 1 aromatic rings. The van der Waals surface area contributed by atoms with Crippen molar-refractivity contribution in [3.8, 4) is 0 Å². The molecule has 0 radical (unpaired) electrons. The lowest BCUT2D eigenvalue weighted by Crippen LogP contribution is -2.25. The molecule has 2 fully saturated rings. The molecule has 150 valence electrons. The molecule has 0 heterocycles. The summed E-state index contributed by atoms with van der Waals surface area (Å²) in [4.78, 5) is 0. The zero-order chi connectivity index (χ0) is 19.2. The van der Waals surface area contributed by atoms with Crippen LogP contribution in [0.2, 0.25) is 0 Å². The number of aryl methyl sites for hydroxylation is 1. The van der Waals surface area contributed by atoms with Gasteiger partial charge in [0.1, 0.15) is 11.6 Å². The number of halogens is 2. The molecule has 0 atom stereocenters. The first kappa shape index (κ1) is 20.5.